The first-order chi connectivity index (χ1) is 27.5. The Hall–Kier alpha value is -4.29. The zero-order valence-electron chi connectivity index (χ0n) is 32.4. The number of carbonyl (C=O) groups is 3. The summed E-state index contributed by atoms with van der Waals surface area (Å²) in [4.78, 5) is 45.2. The van der Waals surface area contributed by atoms with Crippen molar-refractivity contribution in [2.45, 2.75) is 132 Å². The van der Waals surface area contributed by atoms with Gasteiger partial charge in [-0.15, -0.1) is 0 Å². The highest BCUT2D eigenvalue weighted by Crippen LogP contribution is 2.54. The lowest BCUT2D eigenvalue weighted by molar-refractivity contribution is -0.192. The molecule has 5 heterocycles. The van der Waals surface area contributed by atoms with E-state index in [-0.39, 0.29) is 23.9 Å². The number of alkyl halides is 3. The van der Waals surface area contributed by atoms with Crippen LogP contribution in [0.4, 0.5) is 13.2 Å². The number of amides is 2. The average Bonchev–Trinajstić information content (AvgIpc) is 3.98. The van der Waals surface area contributed by atoms with E-state index in [1.165, 1.54) is 51.6 Å². The molecule has 2 aliphatic carbocycles. The van der Waals surface area contributed by atoms with Crippen molar-refractivity contribution in [3.63, 3.8) is 0 Å². The number of hydrogen-bond acceptors (Lipinski definition) is 6. The predicted molar refractivity (Wildman–Crippen MR) is 209 cm³/mol. The number of pyridine rings is 1. The van der Waals surface area contributed by atoms with E-state index in [9.17, 15) is 22.8 Å². The predicted octanol–water partition coefficient (Wildman–Crippen LogP) is 8.86. The first-order valence-electron chi connectivity index (χ1n) is 21.1. The van der Waals surface area contributed by atoms with Crippen molar-refractivity contribution in [2.75, 3.05) is 13.1 Å². The number of aromatic nitrogens is 1. The van der Waals surface area contributed by atoms with E-state index in [2.05, 4.69) is 73.9 Å². The minimum absolute atomic E-state index is 0.114. The number of aliphatic carboxylic acids is 1. The van der Waals surface area contributed by atoms with Crippen molar-refractivity contribution >= 4 is 17.8 Å². The summed E-state index contributed by atoms with van der Waals surface area (Å²) < 4.78 is 31.7. The molecule has 57 heavy (non-hydrogen) atoms. The van der Waals surface area contributed by atoms with Crippen molar-refractivity contribution in [3.05, 3.63) is 100 Å². The summed E-state index contributed by atoms with van der Waals surface area (Å²) in [5, 5.41) is 13.7. The Morgan fingerprint density at radius 2 is 0.930 bits per heavy atom. The van der Waals surface area contributed by atoms with Gasteiger partial charge in [0.25, 0.3) is 11.8 Å². The molecular weight excluding hydrogens is 732 g/mol. The number of halogens is 3. The third kappa shape index (κ3) is 8.63. The molecule has 9 rings (SSSR count). The molecular formula is C45H54F3N5O4. The number of nitrogens with one attached hydrogen (secondary N) is 2. The highest BCUT2D eigenvalue weighted by atomic mass is 19.4. The number of hydrogen-bond donors (Lipinski definition) is 3. The van der Waals surface area contributed by atoms with Gasteiger partial charge in [0.1, 0.15) is 0 Å². The second kappa shape index (κ2) is 16.9. The maximum absolute atomic E-state index is 13.3. The first kappa shape index (κ1) is 39.5. The molecule has 12 heteroatoms. The number of nitrogens with zero attached hydrogens (tertiary/aromatic N) is 3. The summed E-state index contributed by atoms with van der Waals surface area (Å²) >= 11 is 0. The van der Waals surface area contributed by atoms with Gasteiger partial charge in [-0.1, -0.05) is 48.5 Å². The number of carboxylic acids is 1. The number of carbonyl (C=O) groups excluding carboxylic acids is 2. The fraction of sp³-hybridized carbons (Fsp3) is 0.556. The van der Waals surface area contributed by atoms with E-state index in [1.54, 1.807) is 40.7 Å². The number of benzene rings is 2. The Balaban J connectivity index is 0.000000598. The van der Waals surface area contributed by atoms with Crippen molar-refractivity contribution in [1.82, 2.24) is 25.4 Å². The molecule has 4 bridgehead atoms. The minimum atomic E-state index is -5.08. The molecule has 6 aliphatic rings. The Kier molecular flexibility index (Phi) is 11.7. The van der Waals surface area contributed by atoms with E-state index in [1.807, 2.05) is 0 Å². The molecule has 9 nitrogen and oxygen atoms in total. The van der Waals surface area contributed by atoms with Crippen LogP contribution in [0.5, 0.6) is 0 Å². The van der Waals surface area contributed by atoms with Gasteiger partial charge in [-0.05, 0) is 143 Å². The summed E-state index contributed by atoms with van der Waals surface area (Å²) in [5.74, 6) is -1.53. The smallest absolute Gasteiger partial charge is 0.475 e. The van der Waals surface area contributed by atoms with Crippen LogP contribution in [-0.2, 0) is 4.79 Å². The van der Waals surface area contributed by atoms with Crippen LogP contribution in [0.15, 0.2) is 67.0 Å². The monoisotopic (exact) mass is 785 g/mol. The lowest BCUT2D eigenvalue weighted by atomic mass is 9.84. The maximum Gasteiger partial charge on any atom is 0.490 e. The van der Waals surface area contributed by atoms with Crippen molar-refractivity contribution in [1.29, 1.82) is 0 Å². The Morgan fingerprint density at radius 1 is 0.596 bits per heavy atom. The van der Waals surface area contributed by atoms with Gasteiger partial charge in [-0.2, -0.15) is 13.2 Å². The van der Waals surface area contributed by atoms with E-state index in [0.717, 1.165) is 63.2 Å². The van der Waals surface area contributed by atoms with Gasteiger partial charge in [-0.3, -0.25) is 24.4 Å². The van der Waals surface area contributed by atoms with Crippen molar-refractivity contribution in [3.8, 4) is 0 Å². The Bertz CT molecular complexity index is 1740. The van der Waals surface area contributed by atoms with Gasteiger partial charge in [0, 0.05) is 48.6 Å². The molecule has 3 aromatic rings. The fourth-order valence-electron chi connectivity index (χ4n) is 11.0. The summed E-state index contributed by atoms with van der Waals surface area (Å²) in [7, 11) is 0. The molecule has 3 N–H and O–H groups in total. The highest BCUT2D eigenvalue weighted by Gasteiger charge is 2.44. The maximum atomic E-state index is 13.3. The molecule has 1 aromatic heterocycles. The average molecular weight is 786 g/mol. The van der Waals surface area contributed by atoms with Gasteiger partial charge < -0.3 is 15.7 Å². The van der Waals surface area contributed by atoms with Gasteiger partial charge in [0.05, 0.1) is 11.1 Å². The first-order valence-corrected chi connectivity index (χ1v) is 21.1. The van der Waals surface area contributed by atoms with Gasteiger partial charge in [0.2, 0.25) is 0 Å². The van der Waals surface area contributed by atoms with E-state index < -0.39 is 12.1 Å². The summed E-state index contributed by atoms with van der Waals surface area (Å²) in [6.45, 7) is 2.37. The van der Waals surface area contributed by atoms with Gasteiger partial charge >= 0.3 is 12.1 Å². The SMILES string of the molecule is O=C(NC1CCC(CCN2C3CC[C@@H]2c2ccccc23)CC1)c1cncc(C(=O)NC2CCC(CCN3[C@@H]4CC[C@H]3c3ccccc34)CC2)c1.O=C(O)C(F)(F)F. The summed E-state index contributed by atoms with van der Waals surface area (Å²) in [6.07, 6.45) is 14.5. The van der Waals surface area contributed by atoms with Crippen LogP contribution < -0.4 is 10.6 Å². The molecule has 0 spiro atoms. The molecule has 4 aliphatic heterocycles. The van der Waals surface area contributed by atoms with Gasteiger partial charge in [-0.25, -0.2) is 4.79 Å². The Labute approximate surface area is 332 Å². The second-order valence-electron chi connectivity index (χ2n) is 17.2. The van der Waals surface area contributed by atoms with E-state index in [0.29, 0.717) is 35.3 Å². The standard InChI is InChI=1S/C43H53N5O2.C2HF3O2/c49-42(45-32-13-9-28(10-14-32)21-23-47-38-17-18-39(47)35-6-2-1-5-34(35)38)30-25-31(27-44-26-30)43(50)46-33-15-11-29(12-16-33)22-24-48-40-19-20-41(48)37-8-4-3-7-36(37)40;3-2(4,5)1(6)7/h1-8,25-29,32-33,38-41H,9-24H2,(H,45,49)(H,46,50);(H,6,7)/t28?,29?,32?,33?,38-,39+,40-,41?;/m1./s1. The molecule has 2 aromatic carbocycles. The molecule has 0 radical (unpaired) electrons. The van der Waals surface area contributed by atoms with Crippen LogP contribution in [0.1, 0.15) is 157 Å². The van der Waals surface area contributed by atoms with Crippen LogP contribution in [0, 0.1) is 11.8 Å². The van der Waals surface area contributed by atoms with Crippen LogP contribution in [0.25, 0.3) is 0 Å². The second-order valence-corrected chi connectivity index (χ2v) is 17.2. The fourth-order valence-corrected chi connectivity index (χ4v) is 11.0. The quantitative estimate of drug-likeness (QED) is 0.188. The number of fused-ring (bicyclic) bond motifs is 10. The molecule has 1 unspecified atom stereocenters. The van der Waals surface area contributed by atoms with Crippen LogP contribution in [-0.4, -0.2) is 69.0 Å². The third-order valence-corrected chi connectivity index (χ3v) is 13.9. The van der Waals surface area contributed by atoms with Crippen molar-refractivity contribution in [2.24, 2.45) is 11.8 Å². The topological polar surface area (TPSA) is 115 Å². The lowest BCUT2D eigenvalue weighted by Gasteiger charge is -2.31. The summed E-state index contributed by atoms with van der Waals surface area (Å²) in [6, 6.07) is 22.7. The lowest BCUT2D eigenvalue weighted by Crippen LogP contribution is -2.39. The molecule has 2 saturated heterocycles. The normalized spacial score (nSPS) is 28.9. The van der Waals surface area contributed by atoms with E-state index >= 15 is 0 Å². The minimum Gasteiger partial charge on any atom is -0.475 e. The largest absolute Gasteiger partial charge is 0.490 e. The molecule has 2 saturated carbocycles. The Morgan fingerprint density at radius 3 is 1.25 bits per heavy atom. The van der Waals surface area contributed by atoms with Crippen LogP contribution in [0.3, 0.4) is 0 Å². The van der Waals surface area contributed by atoms with E-state index in [4.69, 9.17) is 9.90 Å². The van der Waals surface area contributed by atoms with Crippen molar-refractivity contribution < 1.29 is 32.7 Å². The van der Waals surface area contributed by atoms with Crippen LogP contribution in [0.2, 0.25) is 0 Å². The zero-order valence-corrected chi connectivity index (χ0v) is 32.4. The van der Waals surface area contributed by atoms with Crippen LogP contribution >= 0.6 is 0 Å². The molecule has 4 atom stereocenters. The molecule has 2 amide bonds. The molecule has 304 valence electrons. The highest BCUT2D eigenvalue weighted by molar-refractivity contribution is 5.99. The number of carboxylic acid groups (broad SMARTS) is 1. The molecule has 4 fully saturated rings. The van der Waals surface area contributed by atoms with Gasteiger partial charge in [0.15, 0.2) is 0 Å². The number of rotatable bonds is 10. The third-order valence-electron chi connectivity index (χ3n) is 13.9. The zero-order chi connectivity index (χ0) is 39.7. The summed E-state index contributed by atoms with van der Waals surface area (Å²) in [5.41, 5.74) is 7.22.